The molecule has 0 saturated heterocycles. The second-order valence-electron chi connectivity index (χ2n) is 4.02. The van der Waals surface area contributed by atoms with Crippen molar-refractivity contribution < 1.29 is 18.4 Å². The van der Waals surface area contributed by atoms with Crippen molar-refractivity contribution in [2.75, 3.05) is 32.1 Å². The fourth-order valence-corrected chi connectivity index (χ4v) is 2.92. The summed E-state index contributed by atoms with van der Waals surface area (Å²) in [4.78, 5) is 9.93. The lowest BCUT2D eigenvalue weighted by molar-refractivity contribution is -0.387. The number of sulfonamides is 1. The first-order chi connectivity index (χ1) is 9.34. The zero-order valence-electron chi connectivity index (χ0n) is 11.2. The molecule has 2 N–H and O–H groups in total. The van der Waals surface area contributed by atoms with Gasteiger partial charge in [-0.15, -0.1) is 0 Å². The zero-order valence-corrected chi connectivity index (χ0v) is 12.1. The number of likely N-dealkylation sites (N-methyl/N-ethyl adjacent to an activating group) is 1. The normalized spacial score (nSPS) is 11.6. The molecule has 0 fully saturated rings. The summed E-state index contributed by atoms with van der Waals surface area (Å²) in [5, 5.41) is 22.7. The van der Waals surface area contributed by atoms with Gasteiger partial charge in [0.2, 0.25) is 10.0 Å². The maximum Gasteiger partial charge on any atom is 0.291 e. The van der Waals surface area contributed by atoms with Crippen LogP contribution in [-0.4, -0.2) is 49.5 Å². The summed E-state index contributed by atoms with van der Waals surface area (Å²) in [6.07, 6.45) is 0. The lowest BCUT2D eigenvalue weighted by Crippen LogP contribution is -2.30. The molecule has 0 unspecified atom stereocenters. The van der Waals surface area contributed by atoms with Crippen LogP contribution in [0.4, 0.5) is 11.4 Å². The van der Waals surface area contributed by atoms with Gasteiger partial charge in [-0.1, -0.05) is 0 Å². The fraction of sp³-hybridized carbons (Fsp3) is 0.455. The Morgan fingerprint density at radius 3 is 2.60 bits per heavy atom. The SMILES string of the molecule is CCNc1ccc(S(=O)(=O)N(C)CCO)c([N+](=O)[O-])c1. The van der Waals surface area contributed by atoms with Crippen molar-refractivity contribution >= 4 is 21.4 Å². The van der Waals surface area contributed by atoms with Crippen LogP contribution >= 0.6 is 0 Å². The van der Waals surface area contributed by atoms with Crippen molar-refractivity contribution in [3.05, 3.63) is 28.3 Å². The van der Waals surface area contributed by atoms with Crippen LogP contribution in [0.2, 0.25) is 0 Å². The van der Waals surface area contributed by atoms with E-state index in [4.69, 9.17) is 5.11 Å². The quantitative estimate of drug-likeness (QED) is 0.564. The van der Waals surface area contributed by atoms with Crippen LogP contribution in [0.15, 0.2) is 23.1 Å². The third-order valence-electron chi connectivity index (χ3n) is 2.64. The Morgan fingerprint density at radius 1 is 1.45 bits per heavy atom. The van der Waals surface area contributed by atoms with E-state index in [-0.39, 0.29) is 18.0 Å². The van der Waals surface area contributed by atoms with E-state index in [2.05, 4.69) is 5.32 Å². The van der Waals surface area contributed by atoms with Crippen molar-refractivity contribution in [2.24, 2.45) is 0 Å². The van der Waals surface area contributed by atoms with E-state index in [0.717, 1.165) is 4.31 Å². The topological polar surface area (TPSA) is 113 Å². The number of hydrogen-bond donors (Lipinski definition) is 2. The third-order valence-corrected chi connectivity index (χ3v) is 4.54. The molecular formula is C11H17N3O5S. The van der Waals surface area contributed by atoms with Gasteiger partial charge in [-0.2, -0.15) is 4.31 Å². The van der Waals surface area contributed by atoms with Crippen LogP contribution in [0, 0.1) is 10.1 Å². The minimum atomic E-state index is -4.00. The number of aliphatic hydroxyl groups excluding tert-OH is 1. The van der Waals surface area contributed by atoms with Crippen molar-refractivity contribution in [3.8, 4) is 0 Å². The van der Waals surface area contributed by atoms with Crippen molar-refractivity contribution in [1.82, 2.24) is 4.31 Å². The number of aliphatic hydroxyl groups is 1. The molecule has 0 spiro atoms. The minimum Gasteiger partial charge on any atom is -0.395 e. The van der Waals surface area contributed by atoms with E-state index in [1.54, 1.807) is 0 Å². The molecule has 0 amide bonds. The molecule has 20 heavy (non-hydrogen) atoms. The number of nitrogens with one attached hydrogen (secondary N) is 1. The van der Waals surface area contributed by atoms with Crippen molar-refractivity contribution in [2.45, 2.75) is 11.8 Å². The second kappa shape index (κ2) is 6.64. The van der Waals surface area contributed by atoms with Crippen LogP contribution in [0.25, 0.3) is 0 Å². The van der Waals surface area contributed by atoms with Gasteiger partial charge < -0.3 is 10.4 Å². The van der Waals surface area contributed by atoms with Crippen molar-refractivity contribution in [3.63, 3.8) is 0 Å². The number of benzene rings is 1. The molecule has 112 valence electrons. The van der Waals surface area contributed by atoms with Gasteiger partial charge in [-0.05, 0) is 19.1 Å². The van der Waals surface area contributed by atoms with Gasteiger partial charge in [-0.3, -0.25) is 10.1 Å². The average molecular weight is 303 g/mol. The van der Waals surface area contributed by atoms with Crippen LogP contribution in [0.5, 0.6) is 0 Å². The number of nitrogens with zero attached hydrogens (tertiary/aromatic N) is 2. The molecule has 0 aliphatic heterocycles. The Balaban J connectivity index is 3.33. The maximum atomic E-state index is 12.2. The van der Waals surface area contributed by atoms with Gasteiger partial charge in [0.25, 0.3) is 5.69 Å². The standard InChI is InChI=1S/C11H17N3O5S/c1-3-12-9-4-5-11(10(8-9)14(16)17)20(18,19)13(2)6-7-15/h4-5,8,12,15H,3,6-7H2,1-2H3. The molecule has 0 heterocycles. The van der Waals surface area contributed by atoms with E-state index in [1.807, 2.05) is 6.92 Å². The van der Waals surface area contributed by atoms with Crippen LogP contribution in [0.1, 0.15) is 6.92 Å². The second-order valence-corrected chi connectivity index (χ2v) is 6.03. The highest BCUT2D eigenvalue weighted by Gasteiger charge is 2.29. The summed E-state index contributed by atoms with van der Waals surface area (Å²) in [5.74, 6) is 0. The molecule has 0 atom stereocenters. The number of rotatable bonds is 7. The van der Waals surface area contributed by atoms with E-state index < -0.39 is 20.6 Å². The first-order valence-electron chi connectivity index (χ1n) is 5.94. The number of anilines is 1. The smallest absolute Gasteiger partial charge is 0.291 e. The van der Waals surface area contributed by atoms with E-state index in [0.29, 0.717) is 12.2 Å². The largest absolute Gasteiger partial charge is 0.395 e. The van der Waals surface area contributed by atoms with Gasteiger partial charge in [0, 0.05) is 31.9 Å². The van der Waals surface area contributed by atoms with Crippen LogP contribution in [0.3, 0.4) is 0 Å². The van der Waals surface area contributed by atoms with Gasteiger partial charge >= 0.3 is 0 Å². The Hall–Kier alpha value is -1.71. The fourth-order valence-electron chi connectivity index (χ4n) is 1.62. The highest BCUT2D eigenvalue weighted by molar-refractivity contribution is 7.89. The lowest BCUT2D eigenvalue weighted by atomic mass is 10.3. The summed E-state index contributed by atoms with van der Waals surface area (Å²) in [7, 11) is -2.75. The number of hydrogen-bond acceptors (Lipinski definition) is 6. The molecule has 0 aliphatic carbocycles. The molecule has 1 rings (SSSR count). The third kappa shape index (κ3) is 3.44. The highest BCUT2D eigenvalue weighted by atomic mass is 32.2. The maximum absolute atomic E-state index is 12.2. The van der Waals surface area contributed by atoms with Gasteiger partial charge in [0.15, 0.2) is 4.90 Å². The first kappa shape index (κ1) is 16.3. The Labute approximate surface area is 117 Å². The summed E-state index contributed by atoms with van der Waals surface area (Å²) < 4.78 is 25.3. The lowest BCUT2D eigenvalue weighted by Gasteiger charge is -2.16. The van der Waals surface area contributed by atoms with Gasteiger partial charge in [0.05, 0.1) is 11.5 Å². The molecule has 0 saturated carbocycles. The summed E-state index contributed by atoms with van der Waals surface area (Å²) in [5.41, 5.74) is -0.0174. The summed E-state index contributed by atoms with van der Waals surface area (Å²) in [6.45, 7) is 1.90. The van der Waals surface area contributed by atoms with E-state index in [9.17, 15) is 18.5 Å². The molecule has 9 heteroatoms. The molecule has 1 aromatic rings. The van der Waals surface area contributed by atoms with E-state index in [1.165, 1.54) is 25.2 Å². The van der Waals surface area contributed by atoms with Crippen LogP contribution < -0.4 is 5.32 Å². The molecule has 0 aliphatic rings. The monoisotopic (exact) mass is 303 g/mol. The van der Waals surface area contributed by atoms with Crippen LogP contribution in [-0.2, 0) is 10.0 Å². The highest BCUT2D eigenvalue weighted by Crippen LogP contribution is 2.29. The average Bonchev–Trinajstić information content (AvgIpc) is 2.39. The number of nitro benzene ring substituents is 1. The molecule has 0 bridgehead atoms. The summed E-state index contributed by atoms with van der Waals surface area (Å²) >= 11 is 0. The molecule has 1 aromatic carbocycles. The molecular weight excluding hydrogens is 286 g/mol. The van der Waals surface area contributed by atoms with Crippen molar-refractivity contribution in [1.29, 1.82) is 0 Å². The van der Waals surface area contributed by atoms with E-state index >= 15 is 0 Å². The summed E-state index contributed by atoms with van der Waals surface area (Å²) in [6, 6.07) is 3.85. The first-order valence-corrected chi connectivity index (χ1v) is 7.38. The molecule has 0 radical (unpaired) electrons. The molecule has 0 aromatic heterocycles. The number of nitro groups is 1. The Kier molecular flexibility index (Phi) is 5.43. The Morgan fingerprint density at radius 2 is 2.10 bits per heavy atom. The zero-order chi connectivity index (χ0) is 15.3. The van der Waals surface area contributed by atoms with Gasteiger partial charge in [-0.25, -0.2) is 8.42 Å². The molecule has 8 nitrogen and oxygen atoms in total. The van der Waals surface area contributed by atoms with Gasteiger partial charge in [0.1, 0.15) is 0 Å². The Bertz CT molecular complexity index is 588. The minimum absolute atomic E-state index is 0.131. The predicted molar refractivity (Wildman–Crippen MR) is 74.2 cm³/mol. The predicted octanol–water partition coefficient (Wildman–Crippen LogP) is 0.639.